The Morgan fingerprint density at radius 3 is 2.84 bits per heavy atom. The normalized spacial score (nSPS) is 17.8. The average molecular weight is 439 g/mol. The van der Waals surface area contributed by atoms with Crippen LogP contribution in [0, 0.1) is 11.7 Å². The lowest BCUT2D eigenvalue weighted by molar-refractivity contribution is -0.117. The van der Waals surface area contributed by atoms with Gasteiger partial charge in [0.1, 0.15) is 6.17 Å². The highest BCUT2D eigenvalue weighted by Gasteiger charge is 2.43. The van der Waals surface area contributed by atoms with Crippen molar-refractivity contribution in [1.82, 2.24) is 24.8 Å². The molecular weight excluding hydrogens is 416 g/mol. The summed E-state index contributed by atoms with van der Waals surface area (Å²) in [4.78, 5) is 18.2. The molecule has 1 aliphatic carbocycles. The van der Waals surface area contributed by atoms with Gasteiger partial charge in [0, 0.05) is 24.5 Å². The molecule has 8 nitrogen and oxygen atoms in total. The number of carbonyl (C=O) groups is 1. The summed E-state index contributed by atoms with van der Waals surface area (Å²) >= 11 is 0. The van der Waals surface area contributed by atoms with Gasteiger partial charge in [-0.15, -0.1) is 0 Å². The Labute approximate surface area is 182 Å². The first-order chi connectivity index (χ1) is 15.4. The molecule has 166 valence electrons. The van der Waals surface area contributed by atoms with E-state index in [-0.39, 0.29) is 18.1 Å². The summed E-state index contributed by atoms with van der Waals surface area (Å²) in [5.74, 6) is -0.983. The summed E-state index contributed by atoms with van der Waals surface area (Å²) in [6.45, 7) is 4.51. The second-order valence-electron chi connectivity index (χ2n) is 8.04. The van der Waals surface area contributed by atoms with E-state index in [1.54, 1.807) is 24.5 Å². The van der Waals surface area contributed by atoms with Gasteiger partial charge in [-0.05, 0) is 37.5 Å². The molecular formula is C22H23F2N7O. The number of fused-ring (bicyclic) bond motifs is 2. The molecule has 0 spiro atoms. The maximum Gasteiger partial charge on any atom is 0.231 e. The number of carbonyl (C=O) groups excluding carboxylic acids is 1. The van der Waals surface area contributed by atoms with Crippen molar-refractivity contribution >= 4 is 34.0 Å². The highest BCUT2D eigenvalue weighted by Crippen LogP contribution is 2.39. The van der Waals surface area contributed by atoms with Crippen molar-refractivity contribution < 1.29 is 13.6 Å². The Morgan fingerprint density at radius 2 is 2.16 bits per heavy atom. The lowest BCUT2D eigenvalue weighted by Gasteiger charge is -2.22. The van der Waals surface area contributed by atoms with Crippen LogP contribution in [-0.2, 0) is 11.2 Å². The highest BCUT2D eigenvalue weighted by molar-refractivity contribution is 6.02. The lowest BCUT2D eigenvalue weighted by atomic mass is 9.96. The smallest absolute Gasteiger partial charge is 0.231 e. The molecule has 32 heavy (non-hydrogen) atoms. The molecule has 1 saturated carbocycles. The molecule has 0 aliphatic heterocycles. The van der Waals surface area contributed by atoms with E-state index in [4.69, 9.17) is 0 Å². The van der Waals surface area contributed by atoms with E-state index in [0.717, 1.165) is 5.39 Å². The maximum atomic E-state index is 15.6. The summed E-state index contributed by atoms with van der Waals surface area (Å²) in [6.07, 6.45) is 2.90. The van der Waals surface area contributed by atoms with Crippen LogP contribution in [-0.4, -0.2) is 50.5 Å². The number of H-pyrrole nitrogens is 1. The quantitative estimate of drug-likeness (QED) is 0.478. The molecule has 4 aromatic rings. The highest BCUT2D eigenvalue weighted by atomic mass is 19.1. The third-order valence-electron chi connectivity index (χ3n) is 6.01. The van der Waals surface area contributed by atoms with Gasteiger partial charge in [-0.1, -0.05) is 6.92 Å². The van der Waals surface area contributed by atoms with Crippen molar-refractivity contribution in [3.05, 3.63) is 35.9 Å². The summed E-state index contributed by atoms with van der Waals surface area (Å²) in [5.41, 5.74) is 3.40. The first kappa shape index (κ1) is 20.3. The number of amides is 1. The van der Waals surface area contributed by atoms with E-state index in [0.29, 0.717) is 52.5 Å². The van der Waals surface area contributed by atoms with Crippen LogP contribution in [0.5, 0.6) is 0 Å². The molecule has 1 amide bonds. The largest absolute Gasteiger partial charge is 0.371 e. The van der Waals surface area contributed by atoms with Crippen LogP contribution < -0.4 is 10.2 Å². The van der Waals surface area contributed by atoms with Crippen molar-refractivity contribution in [3.8, 4) is 11.3 Å². The zero-order valence-corrected chi connectivity index (χ0v) is 18.0. The van der Waals surface area contributed by atoms with Crippen LogP contribution in [0.3, 0.4) is 0 Å². The van der Waals surface area contributed by atoms with Gasteiger partial charge >= 0.3 is 0 Å². The number of hydrogen-bond acceptors (Lipinski definition) is 5. The number of aromatic amines is 1. The number of alkyl halides is 1. The first-order valence-electron chi connectivity index (χ1n) is 10.6. The Morgan fingerprint density at radius 1 is 1.38 bits per heavy atom. The van der Waals surface area contributed by atoms with Gasteiger partial charge in [-0.3, -0.25) is 9.89 Å². The molecule has 1 fully saturated rings. The molecule has 0 bridgehead atoms. The van der Waals surface area contributed by atoms with E-state index in [1.807, 2.05) is 25.8 Å². The predicted octanol–water partition coefficient (Wildman–Crippen LogP) is 3.73. The fraction of sp³-hybridized carbons (Fsp3) is 0.364. The summed E-state index contributed by atoms with van der Waals surface area (Å²) in [5, 5.41) is 15.1. The molecule has 0 radical (unpaired) electrons. The SMILES string of the molecule is CCc1c(F)c(N(C)CC)c2[nH]ncc2c1-c1ccc2nc(NC(=O)[C@@H]3C[C@@H]3F)cn2n1. The van der Waals surface area contributed by atoms with Crippen LogP contribution >= 0.6 is 0 Å². The summed E-state index contributed by atoms with van der Waals surface area (Å²) in [7, 11) is 1.84. The van der Waals surface area contributed by atoms with E-state index in [1.165, 1.54) is 4.52 Å². The number of nitrogens with zero attached hydrogens (tertiary/aromatic N) is 5. The number of anilines is 2. The molecule has 10 heteroatoms. The minimum atomic E-state index is -1.08. The Kier molecular flexibility index (Phi) is 4.79. The second-order valence-corrected chi connectivity index (χ2v) is 8.04. The van der Waals surface area contributed by atoms with Crippen LogP contribution in [0.1, 0.15) is 25.8 Å². The molecule has 5 rings (SSSR count). The zero-order valence-electron chi connectivity index (χ0n) is 18.0. The van der Waals surface area contributed by atoms with E-state index >= 15 is 4.39 Å². The van der Waals surface area contributed by atoms with Crippen LogP contribution in [0.15, 0.2) is 24.5 Å². The van der Waals surface area contributed by atoms with Crippen LogP contribution in [0.2, 0.25) is 0 Å². The first-order valence-corrected chi connectivity index (χ1v) is 10.6. The molecule has 3 aromatic heterocycles. The third kappa shape index (κ3) is 3.17. The minimum Gasteiger partial charge on any atom is -0.371 e. The van der Waals surface area contributed by atoms with Crippen LogP contribution in [0.4, 0.5) is 20.3 Å². The number of imidazole rings is 1. The third-order valence-corrected chi connectivity index (χ3v) is 6.01. The Bertz CT molecular complexity index is 1350. The van der Waals surface area contributed by atoms with Crippen molar-refractivity contribution in [2.24, 2.45) is 5.92 Å². The lowest BCUT2D eigenvalue weighted by Crippen LogP contribution is -2.19. The van der Waals surface area contributed by atoms with Crippen LogP contribution in [0.25, 0.3) is 27.8 Å². The topological polar surface area (TPSA) is 91.2 Å². The Hall–Kier alpha value is -3.56. The number of hydrogen-bond donors (Lipinski definition) is 2. The van der Waals surface area contributed by atoms with Gasteiger partial charge in [-0.25, -0.2) is 18.3 Å². The van der Waals surface area contributed by atoms with Gasteiger partial charge in [-0.2, -0.15) is 10.2 Å². The predicted molar refractivity (Wildman–Crippen MR) is 118 cm³/mol. The van der Waals surface area contributed by atoms with Gasteiger partial charge in [0.2, 0.25) is 5.91 Å². The Balaban J connectivity index is 1.61. The summed E-state index contributed by atoms with van der Waals surface area (Å²) in [6, 6.07) is 3.53. The minimum absolute atomic E-state index is 0.247. The second kappa shape index (κ2) is 7.54. The molecule has 2 atom stereocenters. The van der Waals surface area contributed by atoms with E-state index in [9.17, 15) is 9.18 Å². The van der Waals surface area contributed by atoms with E-state index < -0.39 is 12.1 Å². The van der Waals surface area contributed by atoms with E-state index in [2.05, 4.69) is 25.6 Å². The fourth-order valence-corrected chi connectivity index (χ4v) is 4.05. The standard InChI is InChI=1S/C22H23F2N7O/c1-4-11-18(13-9-25-28-20(13)21(19(11)24)30(3)5-2)15-6-7-17-26-16(10-31(17)29-15)27-22(32)12-8-14(12)23/h6-7,9-10,12,14H,4-5,8H2,1-3H3,(H,25,28)(H,27,32)/t12-,14+/m1/s1. The molecule has 1 aliphatic rings. The molecule has 3 heterocycles. The van der Waals surface area contributed by atoms with Gasteiger partial charge in [0.15, 0.2) is 17.3 Å². The zero-order chi connectivity index (χ0) is 22.6. The van der Waals surface area contributed by atoms with Gasteiger partial charge in [0.25, 0.3) is 0 Å². The average Bonchev–Trinajstić information content (AvgIpc) is 3.15. The van der Waals surface area contributed by atoms with Gasteiger partial charge in [0.05, 0.1) is 35.2 Å². The number of nitrogens with one attached hydrogen (secondary N) is 2. The number of aromatic nitrogens is 5. The number of benzene rings is 1. The van der Waals surface area contributed by atoms with Crippen molar-refractivity contribution in [1.29, 1.82) is 0 Å². The molecule has 0 unspecified atom stereocenters. The van der Waals surface area contributed by atoms with Crippen molar-refractivity contribution in [3.63, 3.8) is 0 Å². The summed E-state index contributed by atoms with van der Waals surface area (Å²) < 4.78 is 30.3. The monoisotopic (exact) mass is 439 g/mol. The molecule has 0 saturated heterocycles. The number of halogens is 2. The molecule has 2 N–H and O–H groups in total. The van der Waals surface area contributed by atoms with Crippen molar-refractivity contribution in [2.75, 3.05) is 23.8 Å². The maximum absolute atomic E-state index is 15.6. The fourth-order valence-electron chi connectivity index (χ4n) is 4.05. The van der Waals surface area contributed by atoms with Crippen molar-refractivity contribution in [2.45, 2.75) is 32.9 Å². The van der Waals surface area contributed by atoms with Gasteiger partial charge < -0.3 is 10.2 Å². The number of rotatable bonds is 6. The molecule has 1 aromatic carbocycles.